The molecule has 0 saturated heterocycles. The van der Waals surface area contributed by atoms with Gasteiger partial charge in [0.1, 0.15) is 11.9 Å². The second-order valence-electron chi connectivity index (χ2n) is 19.0. The van der Waals surface area contributed by atoms with Crippen LogP contribution in [0.5, 0.6) is 0 Å². The van der Waals surface area contributed by atoms with Gasteiger partial charge in [0.15, 0.2) is 0 Å². The first-order valence-corrected chi connectivity index (χ1v) is 21.5. The third-order valence-electron chi connectivity index (χ3n) is 15.1. The van der Waals surface area contributed by atoms with Gasteiger partial charge in [-0.1, -0.05) is 83.9 Å². The van der Waals surface area contributed by atoms with Crippen LogP contribution in [0.3, 0.4) is 0 Å². The topological polar surface area (TPSA) is 121 Å². The lowest BCUT2D eigenvalue weighted by Crippen LogP contribution is -2.62. The number of aromatic nitrogens is 2. The van der Waals surface area contributed by atoms with E-state index in [2.05, 4.69) is 68.6 Å². The summed E-state index contributed by atoms with van der Waals surface area (Å²) in [7, 11) is 0. The molecule has 1 aromatic carbocycles. The van der Waals surface area contributed by atoms with Crippen molar-refractivity contribution in [2.45, 2.75) is 152 Å². The number of benzene rings is 1. The number of rotatable bonds is 8. The Hall–Kier alpha value is -3.42. The monoisotopic (exact) mass is 758 g/mol. The molecule has 1 aromatic heterocycles. The van der Waals surface area contributed by atoms with Crippen molar-refractivity contribution in [1.29, 1.82) is 0 Å². The van der Waals surface area contributed by atoms with Crippen molar-refractivity contribution in [3.05, 3.63) is 55.0 Å². The molecule has 5 fully saturated rings. The molecule has 7 rings (SSSR count). The normalized spacial score (nSPS) is 34.7. The van der Waals surface area contributed by atoms with E-state index >= 15 is 0 Å². The molecular weight excluding hydrogens is 687 g/mol. The summed E-state index contributed by atoms with van der Waals surface area (Å²) >= 11 is 0. The number of carboxylic acid groups (broad SMARTS) is 1. The molecule has 304 valence electrons. The van der Waals surface area contributed by atoms with Crippen LogP contribution in [-0.2, 0) is 25.7 Å². The van der Waals surface area contributed by atoms with E-state index in [9.17, 15) is 19.5 Å². The number of aliphatic carboxylic acids is 1. The van der Waals surface area contributed by atoms with Gasteiger partial charge in [-0.25, -0.2) is 4.98 Å². The number of fused-ring (bicyclic) bond motifs is 7. The number of carbonyl (C=O) groups is 3. The van der Waals surface area contributed by atoms with Crippen molar-refractivity contribution in [1.82, 2.24) is 15.3 Å². The molecule has 0 bridgehead atoms. The largest absolute Gasteiger partial charge is 0.481 e. The summed E-state index contributed by atoms with van der Waals surface area (Å²) in [6.45, 7) is 20.5. The van der Waals surface area contributed by atoms with Crippen LogP contribution >= 0.6 is 0 Å². The van der Waals surface area contributed by atoms with E-state index in [1.165, 1.54) is 25.7 Å². The summed E-state index contributed by atoms with van der Waals surface area (Å²) in [5.41, 5.74) is 1.14. The first kappa shape index (κ1) is 42.7. The summed E-state index contributed by atoms with van der Waals surface area (Å²) in [6.07, 6.45) is 16.7. The van der Waals surface area contributed by atoms with Gasteiger partial charge in [0, 0.05) is 0 Å². The van der Waals surface area contributed by atoms with Crippen LogP contribution < -0.4 is 5.32 Å². The Labute approximate surface area is 331 Å². The zero-order chi connectivity index (χ0) is 40.2. The quantitative estimate of drug-likeness (QED) is 0.182. The van der Waals surface area contributed by atoms with Crippen molar-refractivity contribution in [2.24, 2.45) is 57.2 Å². The van der Waals surface area contributed by atoms with Crippen LogP contribution in [0.25, 0.3) is 11.3 Å². The van der Waals surface area contributed by atoms with Gasteiger partial charge < -0.3 is 20.1 Å². The maximum Gasteiger partial charge on any atom is 0.309 e. The maximum absolute atomic E-state index is 14.2. The predicted octanol–water partition coefficient (Wildman–Crippen LogP) is 10.8. The molecule has 8 nitrogen and oxygen atoms in total. The van der Waals surface area contributed by atoms with E-state index in [0.29, 0.717) is 36.1 Å². The number of hydrogen-bond donors (Lipinski definition) is 3. The fraction of sp³-hybridized carbons (Fsp3) is 0.702. The number of amides is 1. The van der Waals surface area contributed by atoms with Gasteiger partial charge in [-0.3, -0.25) is 14.4 Å². The van der Waals surface area contributed by atoms with Crippen LogP contribution in [0.1, 0.15) is 145 Å². The second kappa shape index (κ2) is 17.4. The number of aromatic amines is 1. The Bertz CT molecular complexity index is 1640. The molecule has 2 aromatic rings. The minimum atomic E-state index is -1.13. The number of esters is 1. The van der Waals surface area contributed by atoms with Crippen molar-refractivity contribution in [2.75, 3.05) is 0 Å². The lowest BCUT2D eigenvalue weighted by molar-refractivity contribution is -0.203. The van der Waals surface area contributed by atoms with Crippen molar-refractivity contribution >= 4 is 17.8 Å². The fourth-order valence-corrected chi connectivity index (χ4v) is 12.6. The minimum absolute atomic E-state index is 0.101. The lowest BCUT2D eigenvalue weighted by Gasteiger charge is -2.67. The molecule has 1 heterocycles. The number of carboxylic acids is 1. The molecular formula is C47H71N3O5. The van der Waals surface area contributed by atoms with E-state index in [0.717, 1.165) is 68.4 Å². The number of H-pyrrole nitrogens is 1. The second-order valence-corrected chi connectivity index (χ2v) is 19.0. The van der Waals surface area contributed by atoms with E-state index in [1.54, 1.807) is 19.9 Å². The van der Waals surface area contributed by atoms with Gasteiger partial charge in [-0.2, -0.15) is 0 Å². The Kier molecular flexibility index (Phi) is 13.5. The number of nitrogens with zero attached hydrogens (tertiary/aromatic N) is 1. The molecule has 0 spiro atoms. The van der Waals surface area contributed by atoms with Crippen LogP contribution in [-0.4, -0.2) is 39.0 Å². The highest BCUT2D eigenvalue weighted by atomic mass is 16.5. The Morgan fingerprint density at radius 3 is 2.27 bits per heavy atom. The van der Waals surface area contributed by atoms with Crippen LogP contribution in [0.2, 0.25) is 0 Å². The Morgan fingerprint density at radius 2 is 1.60 bits per heavy atom. The number of carbonyl (C=O) groups excluding carboxylic acids is 2. The molecule has 0 radical (unpaired) electrons. The van der Waals surface area contributed by atoms with Gasteiger partial charge in [-0.15, -0.1) is 6.58 Å². The zero-order valence-corrected chi connectivity index (χ0v) is 35.2. The van der Waals surface area contributed by atoms with Gasteiger partial charge in [0.25, 0.3) is 0 Å². The Morgan fingerprint density at radius 1 is 0.964 bits per heavy atom. The molecule has 5 saturated carbocycles. The summed E-state index contributed by atoms with van der Waals surface area (Å²) in [6, 6.07) is 10.2. The van der Waals surface area contributed by atoms with Crippen molar-refractivity contribution in [3.8, 4) is 11.3 Å². The zero-order valence-electron chi connectivity index (χ0n) is 35.2. The Balaban J connectivity index is 0.000000909. The number of hydrogen-bond acceptors (Lipinski definition) is 5. The van der Waals surface area contributed by atoms with E-state index in [-0.39, 0.29) is 46.6 Å². The predicted molar refractivity (Wildman–Crippen MR) is 220 cm³/mol. The third-order valence-corrected chi connectivity index (χ3v) is 15.1. The molecule has 8 heteroatoms. The summed E-state index contributed by atoms with van der Waals surface area (Å²) < 4.78 is 6.04. The number of imidazole rings is 1. The number of nitrogens with one attached hydrogen (secondary N) is 2. The molecule has 0 aliphatic heterocycles. The van der Waals surface area contributed by atoms with Gasteiger partial charge >= 0.3 is 11.9 Å². The molecule has 1 amide bonds. The molecule has 5 aliphatic carbocycles. The molecule has 10 atom stereocenters. The van der Waals surface area contributed by atoms with Crippen molar-refractivity contribution in [3.63, 3.8) is 0 Å². The summed E-state index contributed by atoms with van der Waals surface area (Å²) in [5.74, 6) is 2.76. The first-order valence-electron chi connectivity index (χ1n) is 21.5. The maximum atomic E-state index is 14.2. The molecule has 55 heavy (non-hydrogen) atoms. The van der Waals surface area contributed by atoms with E-state index in [4.69, 9.17) is 4.74 Å². The standard InChI is InChI=1S/C41H57N3O5.C3H8.C3H6/c1-25-28-15-19-40(5)29-16-21-41(36(46)43-24-34-42-23-31(44-34)26-10-7-6-8-11-26)18-9-12-30(41)27(29)13-14-33(40)39(28,4)20-17-32(25)49-35(45)22-38(2,3)37(47)48;2*1-3-2/h6-8,10-11,23,25,27-30,32-33H,9,12-22,24H2,1-5H3,(H,42,44)(H,43,46)(H,47,48);3H2,1-2H3;3H,1H2,2H3. The highest BCUT2D eigenvalue weighted by molar-refractivity contribution is 5.83. The van der Waals surface area contributed by atoms with E-state index < -0.39 is 11.4 Å². The lowest BCUT2D eigenvalue weighted by atomic mass is 9.37. The van der Waals surface area contributed by atoms with Crippen LogP contribution in [0, 0.1) is 57.2 Å². The first-order chi connectivity index (χ1) is 26.1. The highest BCUT2D eigenvalue weighted by Crippen LogP contribution is 2.72. The minimum Gasteiger partial charge on any atom is -0.481 e. The van der Waals surface area contributed by atoms with Crippen LogP contribution in [0.4, 0.5) is 0 Å². The fourth-order valence-electron chi connectivity index (χ4n) is 12.6. The molecule has 5 aliphatic rings. The van der Waals surface area contributed by atoms with Crippen LogP contribution in [0.15, 0.2) is 49.2 Å². The number of allylic oxidation sites excluding steroid dienone is 1. The summed E-state index contributed by atoms with van der Waals surface area (Å²) in [4.78, 5) is 46.6. The smallest absolute Gasteiger partial charge is 0.309 e. The van der Waals surface area contributed by atoms with Crippen molar-refractivity contribution < 1.29 is 24.2 Å². The van der Waals surface area contributed by atoms with E-state index in [1.807, 2.05) is 31.3 Å². The average molecular weight is 758 g/mol. The third kappa shape index (κ3) is 8.35. The van der Waals surface area contributed by atoms with Gasteiger partial charge in [-0.05, 0) is 137 Å². The summed E-state index contributed by atoms with van der Waals surface area (Å²) in [5, 5.41) is 12.9. The highest BCUT2D eigenvalue weighted by Gasteiger charge is 2.66. The average Bonchev–Trinajstić information content (AvgIpc) is 3.81. The van der Waals surface area contributed by atoms with Gasteiger partial charge in [0.05, 0.1) is 35.7 Å². The van der Waals surface area contributed by atoms with Gasteiger partial charge in [0.2, 0.25) is 5.91 Å². The molecule has 3 N–H and O–H groups in total. The number of ether oxygens (including phenoxy) is 1. The molecule has 10 unspecified atom stereocenters. The SMILES string of the molecule is C=CC.CC1C(OC(=O)CC(C)(C)C(=O)O)CCC2(C)C1CCC1(C)C3CCC4(C(=O)NCc5ncc(-c6ccccc6)[nH]5)CCCC4C3CCC21.CCC.